The average Bonchev–Trinajstić information content (AvgIpc) is 3.39. The number of benzene rings is 1. The summed E-state index contributed by atoms with van der Waals surface area (Å²) < 4.78 is 0. The Hall–Kier alpha value is -1.56. The molecule has 2 heterocycles. The average molecular weight is 365 g/mol. The molecule has 2 N–H and O–H groups in total. The lowest BCUT2D eigenvalue weighted by atomic mass is 10.1. The lowest BCUT2D eigenvalue weighted by Gasteiger charge is -2.37. The molecule has 1 aliphatic carbocycles. The molecule has 0 radical (unpaired) electrons. The number of aromatic nitrogens is 1. The fourth-order valence-corrected chi connectivity index (χ4v) is 3.96. The Morgan fingerprint density at radius 2 is 1.88 bits per heavy atom. The summed E-state index contributed by atoms with van der Waals surface area (Å²) in [7, 11) is 0. The molecule has 7 heteroatoms. The standard InChI is InChI=1S/C17H18Cl2N4O/c18-10-1-4-13-12(9-10)14(17(20)24)15(16(19)21-13)23-7-5-22(6-8-23)11-2-3-11/h1,4,9,11H,2-3,5-8H2,(H2,20,24). The summed E-state index contributed by atoms with van der Waals surface area (Å²) in [6.07, 6.45) is 2.59. The van der Waals surface area contributed by atoms with Crippen LogP contribution in [-0.4, -0.2) is 48.0 Å². The number of halogens is 2. The summed E-state index contributed by atoms with van der Waals surface area (Å²) in [4.78, 5) is 21.2. The number of primary amides is 1. The maximum Gasteiger partial charge on any atom is 0.251 e. The fourth-order valence-electron chi connectivity index (χ4n) is 3.48. The van der Waals surface area contributed by atoms with Gasteiger partial charge in [0.25, 0.3) is 5.91 Å². The SMILES string of the molecule is NC(=O)c1c(N2CCN(C3CC3)CC2)c(Cl)nc2ccc(Cl)cc12. The highest BCUT2D eigenvalue weighted by Gasteiger charge is 2.33. The molecular weight excluding hydrogens is 347 g/mol. The van der Waals surface area contributed by atoms with Crippen molar-refractivity contribution in [3.8, 4) is 0 Å². The maximum absolute atomic E-state index is 12.2. The molecule has 0 spiro atoms. The smallest absolute Gasteiger partial charge is 0.251 e. The molecule has 1 aliphatic heterocycles. The number of hydrogen-bond donors (Lipinski definition) is 1. The Balaban J connectivity index is 1.77. The monoisotopic (exact) mass is 364 g/mol. The molecule has 5 nitrogen and oxygen atoms in total. The van der Waals surface area contributed by atoms with Crippen LogP contribution in [0.5, 0.6) is 0 Å². The molecule has 1 saturated carbocycles. The van der Waals surface area contributed by atoms with E-state index in [-0.39, 0.29) is 0 Å². The molecule has 2 aliphatic rings. The zero-order valence-electron chi connectivity index (χ0n) is 13.1. The number of anilines is 1. The molecule has 1 saturated heterocycles. The number of pyridine rings is 1. The maximum atomic E-state index is 12.2. The first-order valence-electron chi connectivity index (χ1n) is 8.12. The van der Waals surface area contributed by atoms with E-state index < -0.39 is 5.91 Å². The summed E-state index contributed by atoms with van der Waals surface area (Å²) in [5.41, 5.74) is 7.35. The highest BCUT2D eigenvalue weighted by molar-refractivity contribution is 6.35. The van der Waals surface area contributed by atoms with Crippen molar-refractivity contribution >= 4 is 45.7 Å². The predicted octanol–water partition coefficient (Wildman–Crippen LogP) is 2.92. The number of nitrogens with two attached hydrogens (primary N) is 1. The van der Waals surface area contributed by atoms with E-state index in [0.717, 1.165) is 32.2 Å². The number of rotatable bonds is 3. The number of amides is 1. The van der Waals surface area contributed by atoms with Crippen molar-refractivity contribution in [3.05, 3.63) is 33.9 Å². The highest BCUT2D eigenvalue weighted by Crippen LogP contribution is 2.36. The van der Waals surface area contributed by atoms with Crippen molar-refractivity contribution in [1.82, 2.24) is 9.88 Å². The zero-order valence-corrected chi connectivity index (χ0v) is 14.6. The summed E-state index contributed by atoms with van der Waals surface area (Å²) >= 11 is 12.5. The topological polar surface area (TPSA) is 62.5 Å². The van der Waals surface area contributed by atoms with Gasteiger partial charge in [-0.1, -0.05) is 23.2 Å². The molecule has 0 bridgehead atoms. The first-order valence-corrected chi connectivity index (χ1v) is 8.88. The van der Waals surface area contributed by atoms with Gasteiger partial charge in [0.05, 0.1) is 16.8 Å². The van der Waals surface area contributed by atoms with E-state index in [0.29, 0.717) is 32.3 Å². The van der Waals surface area contributed by atoms with Crippen LogP contribution in [0.4, 0.5) is 5.69 Å². The normalized spacial score (nSPS) is 19.0. The van der Waals surface area contributed by atoms with Crippen LogP contribution < -0.4 is 10.6 Å². The van der Waals surface area contributed by atoms with E-state index in [2.05, 4.69) is 14.8 Å². The van der Waals surface area contributed by atoms with Crippen LogP contribution in [0, 0.1) is 0 Å². The second-order valence-electron chi connectivity index (χ2n) is 6.41. The molecule has 126 valence electrons. The third kappa shape index (κ3) is 2.81. The van der Waals surface area contributed by atoms with Gasteiger partial charge < -0.3 is 10.6 Å². The van der Waals surface area contributed by atoms with Crippen molar-refractivity contribution in [2.75, 3.05) is 31.1 Å². The minimum Gasteiger partial charge on any atom is -0.366 e. The second kappa shape index (κ2) is 6.06. The number of carbonyl (C=O) groups is 1. The first kappa shape index (κ1) is 15.9. The van der Waals surface area contributed by atoms with Crippen molar-refractivity contribution < 1.29 is 4.79 Å². The predicted molar refractivity (Wildman–Crippen MR) is 97.1 cm³/mol. The fraction of sp³-hybridized carbons (Fsp3) is 0.412. The first-order chi connectivity index (χ1) is 11.5. The summed E-state index contributed by atoms with van der Waals surface area (Å²) in [6, 6.07) is 5.95. The Bertz CT molecular complexity index is 814. The van der Waals surface area contributed by atoms with Crippen LogP contribution in [0.15, 0.2) is 18.2 Å². The van der Waals surface area contributed by atoms with Gasteiger partial charge in [-0.15, -0.1) is 0 Å². The summed E-state index contributed by atoms with van der Waals surface area (Å²) in [5, 5.41) is 1.51. The highest BCUT2D eigenvalue weighted by atomic mass is 35.5. The molecular formula is C17H18Cl2N4O. The quantitative estimate of drug-likeness (QED) is 0.850. The van der Waals surface area contributed by atoms with Gasteiger partial charge in [0, 0.05) is 42.6 Å². The molecule has 0 atom stereocenters. The minimum absolute atomic E-state index is 0.318. The Morgan fingerprint density at radius 1 is 1.17 bits per heavy atom. The molecule has 1 amide bonds. The number of fused-ring (bicyclic) bond motifs is 1. The van der Waals surface area contributed by atoms with Gasteiger partial charge in [0.2, 0.25) is 0 Å². The Morgan fingerprint density at radius 3 is 2.50 bits per heavy atom. The van der Waals surface area contributed by atoms with Crippen LogP contribution in [0.25, 0.3) is 10.9 Å². The third-order valence-corrected chi connectivity index (χ3v) is 5.32. The second-order valence-corrected chi connectivity index (χ2v) is 7.20. The molecule has 1 aromatic heterocycles. The van der Waals surface area contributed by atoms with Gasteiger partial charge >= 0.3 is 0 Å². The lowest BCUT2D eigenvalue weighted by Crippen LogP contribution is -2.47. The van der Waals surface area contributed by atoms with Gasteiger partial charge in [-0.05, 0) is 31.0 Å². The molecule has 24 heavy (non-hydrogen) atoms. The van der Waals surface area contributed by atoms with Crippen LogP contribution in [0.3, 0.4) is 0 Å². The number of hydrogen-bond acceptors (Lipinski definition) is 4. The molecule has 2 aromatic rings. The van der Waals surface area contributed by atoms with Crippen molar-refractivity contribution in [2.45, 2.75) is 18.9 Å². The zero-order chi connectivity index (χ0) is 16.8. The number of piperazine rings is 1. The van der Waals surface area contributed by atoms with Crippen molar-refractivity contribution in [2.24, 2.45) is 5.73 Å². The van der Waals surface area contributed by atoms with Crippen LogP contribution >= 0.6 is 23.2 Å². The Labute approximate surface area is 150 Å². The van der Waals surface area contributed by atoms with Gasteiger partial charge in [0.1, 0.15) is 0 Å². The number of nitrogens with zero attached hydrogens (tertiary/aromatic N) is 3. The van der Waals surface area contributed by atoms with Crippen molar-refractivity contribution in [1.29, 1.82) is 0 Å². The lowest BCUT2D eigenvalue weighted by molar-refractivity contribution is 0.100. The molecule has 1 aromatic carbocycles. The van der Waals surface area contributed by atoms with Crippen LogP contribution in [0.2, 0.25) is 10.2 Å². The summed E-state index contributed by atoms with van der Waals surface area (Å²) in [6.45, 7) is 3.55. The van der Waals surface area contributed by atoms with E-state index >= 15 is 0 Å². The van der Waals surface area contributed by atoms with Crippen molar-refractivity contribution in [3.63, 3.8) is 0 Å². The minimum atomic E-state index is -0.508. The third-order valence-electron chi connectivity index (χ3n) is 4.82. The van der Waals surface area contributed by atoms with Crippen LogP contribution in [-0.2, 0) is 0 Å². The largest absolute Gasteiger partial charge is 0.366 e. The van der Waals surface area contributed by atoms with Gasteiger partial charge in [0.15, 0.2) is 5.15 Å². The van der Waals surface area contributed by atoms with Crippen LogP contribution in [0.1, 0.15) is 23.2 Å². The van der Waals surface area contributed by atoms with E-state index in [1.54, 1.807) is 18.2 Å². The van der Waals surface area contributed by atoms with E-state index in [9.17, 15) is 4.79 Å². The van der Waals surface area contributed by atoms with Gasteiger partial charge in [-0.25, -0.2) is 4.98 Å². The number of carbonyl (C=O) groups excluding carboxylic acids is 1. The molecule has 4 rings (SSSR count). The van der Waals surface area contributed by atoms with Gasteiger partial charge in [-0.2, -0.15) is 0 Å². The van der Waals surface area contributed by atoms with E-state index in [1.807, 2.05) is 0 Å². The molecule has 2 fully saturated rings. The van der Waals surface area contributed by atoms with E-state index in [1.165, 1.54) is 12.8 Å². The van der Waals surface area contributed by atoms with E-state index in [4.69, 9.17) is 28.9 Å². The summed E-state index contributed by atoms with van der Waals surface area (Å²) in [5.74, 6) is -0.508. The molecule has 0 unspecified atom stereocenters. The Kier molecular flexibility index (Phi) is 4.03. The van der Waals surface area contributed by atoms with Gasteiger partial charge in [-0.3, -0.25) is 9.69 Å².